The SMILES string of the molecule is Cc1cc(F)cc(NCc2ccc(CO)cc2)c1. The van der Waals surface area contributed by atoms with Crippen LogP contribution in [0.15, 0.2) is 42.5 Å². The van der Waals surface area contributed by atoms with Crippen LogP contribution in [-0.4, -0.2) is 5.11 Å². The molecular formula is C15H16FNO. The van der Waals surface area contributed by atoms with E-state index in [1.165, 1.54) is 12.1 Å². The molecule has 0 heterocycles. The summed E-state index contributed by atoms with van der Waals surface area (Å²) in [5.74, 6) is -0.229. The fourth-order valence-electron chi connectivity index (χ4n) is 1.81. The van der Waals surface area contributed by atoms with Crippen LogP contribution in [0.5, 0.6) is 0 Å². The van der Waals surface area contributed by atoms with Gasteiger partial charge in [0.25, 0.3) is 0 Å². The topological polar surface area (TPSA) is 32.3 Å². The highest BCUT2D eigenvalue weighted by molar-refractivity contribution is 5.46. The summed E-state index contributed by atoms with van der Waals surface area (Å²) < 4.78 is 13.2. The number of hydrogen-bond donors (Lipinski definition) is 2. The van der Waals surface area contributed by atoms with Crippen molar-refractivity contribution in [3.05, 3.63) is 65.0 Å². The number of hydrogen-bond acceptors (Lipinski definition) is 2. The molecule has 0 aliphatic heterocycles. The van der Waals surface area contributed by atoms with Crippen molar-refractivity contribution in [3.8, 4) is 0 Å². The molecule has 3 heteroatoms. The Kier molecular flexibility index (Phi) is 3.95. The first-order valence-electron chi connectivity index (χ1n) is 5.87. The van der Waals surface area contributed by atoms with E-state index in [2.05, 4.69) is 5.32 Å². The molecule has 2 rings (SSSR count). The normalized spacial score (nSPS) is 10.4. The average molecular weight is 245 g/mol. The predicted octanol–water partition coefficient (Wildman–Crippen LogP) is 3.24. The molecule has 0 bridgehead atoms. The Morgan fingerprint density at radius 2 is 1.72 bits per heavy atom. The van der Waals surface area contributed by atoms with Crippen LogP contribution in [-0.2, 0) is 13.2 Å². The molecule has 0 unspecified atom stereocenters. The molecule has 0 aliphatic rings. The van der Waals surface area contributed by atoms with Crippen LogP contribution in [0.3, 0.4) is 0 Å². The first-order chi connectivity index (χ1) is 8.67. The van der Waals surface area contributed by atoms with Crippen molar-refractivity contribution >= 4 is 5.69 Å². The van der Waals surface area contributed by atoms with Gasteiger partial charge in [-0.15, -0.1) is 0 Å². The van der Waals surface area contributed by atoms with Gasteiger partial charge in [0.15, 0.2) is 0 Å². The number of aryl methyl sites for hydroxylation is 1. The molecule has 2 nitrogen and oxygen atoms in total. The number of nitrogens with one attached hydrogen (secondary N) is 1. The van der Waals surface area contributed by atoms with E-state index in [1.807, 2.05) is 37.3 Å². The van der Waals surface area contributed by atoms with Gasteiger partial charge in [-0.1, -0.05) is 24.3 Å². The van der Waals surface area contributed by atoms with Gasteiger partial charge in [-0.05, 0) is 41.8 Å². The van der Waals surface area contributed by atoms with Gasteiger partial charge in [0, 0.05) is 12.2 Å². The van der Waals surface area contributed by atoms with E-state index in [-0.39, 0.29) is 12.4 Å². The first-order valence-corrected chi connectivity index (χ1v) is 5.87. The molecule has 94 valence electrons. The highest BCUT2D eigenvalue weighted by Crippen LogP contribution is 2.14. The second kappa shape index (κ2) is 5.65. The summed E-state index contributed by atoms with van der Waals surface area (Å²) in [6, 6.07) is 12.6. The zero-order chi connectivity index (χ0) is 13.0. The minimum atomic E-state index is -0.229. The quantitative estimate of drug-likeness (QED) is 0.866. The van der Waals surface area contributed by atoms with Gasteiger partial charge in [0.2, 0.25) is 0 Å². The van der Waals surface area contributed by atoms with Crippen LogP contribution in [0.4, 0.5) is 10.1 Å². The fraction of sp³-hybridized carbons (Fsp3) is 0.200. The van der Waals surface area contributed by atoms with E-state index in [0.717, 1.165) is 22.4 Å². The van der Waals surface area contributed by atoms with Gasteiger partial charge in [-0.2, -0.15) is 0 Å². The Morgan fingerprint density at radius 3 is 2.33 bits per heavy atom. The number of halogens is 1. The van der Waals surface area contributed by atoms with Gasteiger partial charge in [0.05, 0.1) is 6.61 Å². The van der Waals surface area contributed by atoms with Crippen LogP contribution in [0.1, 0.15) is 16.7 Å². The van der Waals surface area contributed by atoms with E-state index < -0.39 is 0 Å². The first kappa shape index (κ1) is 12.6. The van der Waals surface area contributed by atoms with Gasteiger partial charge >= 0.3 is 0 Å². The van der Waals surface area contributed by atoms with Crippen LogP contribution in [0.25, 0.3) is 0 Å². The molecule has 0 radical (unpaired) electrons. The summed E-state index contributed by atoms with van der Waals surface area (Å²) in [7, 11) is 0. The molecular weight excluding hydrogens is 229 g/mol. The maximum Gasteiger partial charge on any atom is 0.125 e. The summed E-state index contributed by atoms with van der Waals surface area (Å²) in [5.41, 5.74) is 3.65. The molecule has 0 aliphatic carbocycles. The zero-order valence-electron chi connectivity index (χ0n) is 10.3. The smallest absolute Gasteiger partial charge is 0.125 e. The molecule has 0 saturated carbocycles. The van der Waals surface area contributed by atoms with Crippen LogP contribution in [0.2, 0.25) is 0 Å². The third kappa shape index (κ3) is 3.31. The van der Waals surface area contributed by atoms with Crippen molar-refractivity contribution in [2.24, 2.45) is 0 Å². The summed E-state index contributed by atoms with van der Waals surface area (Å²) in [5, 5.41) is 12.1. The summed E-state index contributed by atoms with van der Waals surface area (Å²) in [6.07, 6.45) is 0. The Hall–Kier alpha value is -1.87. The highest BCUT2D eigenvalue weighted by Gasteiger charge is 1.98. The van der Waals surface area contributed by atoms with E-state index in [1.54, 1.807) is 0 Å². The van der Waals surface area contributed by atoms with Crippen molar-refractivity contribution in [3.63, 3.8) is 0 Å². The maximum absolute atomic E-state index is 13.2. The van der Waals surface area contributed by atoms with Crippen LogP contribution < -0.4 is 5.32 Å². The van der Waals surface area contributed by atoms with Gasteiger partial charge in [-0.3, -0.25) is 0 Å². The molecule has 0 atom stereocenters. The minimum absolute atomic E-state index is 0.0524. The standard InChI is InChI=1S/C15H16FNO/c1-11-6-14(16)8-15(7-11)17-9-12-2-4-13(10-18)5-3-12/h2-8,17-18H,9-10H2,1H3. The van der Waals surface area contributed by atoms with Crippen molar-refractivity contribution in [2.45, 2.75) is 20.1 Å². The second-order valence-electron chi connectivity index (χ2n) is 4.35. The lowest BCUT2D eigenvalue weighted by molar-refractivity contribution is 0.282. The molecule has 0 fully saturated rings. The highest BCUT2D eigenvalue weighted by atomic mass is 19.1. The van der Waals surface area contributed by atoms with Crippen LogP contribution in [0, 0.1) is 12.7 Å². The van der Waals surface area contributed by atoms with Crippen molar-refractivity contribution in [1.82, 2.24) is 0 Å². The molecule has 2 aromatic rings. The molecule has 2 N–H and O–H groups in total. The van der Waals surface area contributed by atoms with Crippen molar-refractivity contribution in [2.75, 3.05) is 5.32 Å². The lowest BCUT2D eigenvalue weighted by atomic mass is 10.1. The third-order valence-corrected chi connectivity index (χ3v) is 2.74. The van der Waals surface area contributed by atoms with E-state index in [9.17, 15) is 4.39 Å². The van der Waals surface area contributed by atoms with Gasteiger partial charge in [-0.25, -0.2) is 4.39 Å². The van der Waals surface area contributed by atoms with E-state index >= 15 is 0 Å². The molecule has 0 saturated heterocycles. The Labute approximate surface area is 106 Å². The number of aliphatic hydroxyl groups is 1. The largest absolute Gasteiger partial charge is 0.392 e. The molecule has 0 spiro atoms. The maximum atomic E-state index is 13.2. The lowest BCUT2D eigenvalue weighted by Gasteiger charge is -2.08. The minimum Gasteiger partial charge on any atom is -0.392 e. The molecule has 0 aromatic heterocycles. The summed E-state index contributed by atoms with van der Waals surface area (Å²) >= 11 is 0. The van der Waals surface area contributed by atoms with Gasteiger partial charge < -0.3 is 10.4 Å². The summed E-state index contributed by atoms with van der Waals surface area (Å²) in [4.78, 5) is 0. The monoisotopic (exact) mass is 245 g/mol. The zero-order valence-corrected chi connectivity index (χ0v) is 10.3. The van der Waals surface area contributed by atoms with Crippen molar-refractivity contribution < 1.29 is 9.50 Å². The number of benzene rings is 2. The van der Waals surface area contributed by atoms with Gasteiger partial charge in [0.1, 0.15) is 5.82 Å². The second-order valence-corrected chi connectivity index (χ2v) is 4.35. The Balaban J connectivity index is 2.01. The number of aliphatic hydroxyl groups excluding tert-OH is 1. The Morgan fingerprint density at radius 1 is 1.06 bits per heavy atom. The van der Waals surface area contributed by atoms with E-state index in [0.29, 0.717) is 6.54 Å². The molecule has 2 aromatic carbocycles. The average Bonchev–Trinajstić information content (AvgIpc) is 2.36. The van der Waals surface area contributed by atoms with Crippen LogP contribution >= 0.6 is 0 Å². The van der Waals surface area contributed by atoms with E-state index in [4.69, 9.17) is 5.11 Å². The Bertz CT molecular complexity index is 502. The molecule has 0 amide bonds. The molecule has 18 heavy (non-hydrogen) atoms. The number of anilines is 1. The summed E-state index contributed by atoms with van der Waals surface area (Å²) in [6.45, 7) is 2.55. The lowest BCUT2D eigenvalue weighted by Crippen LogP contribution is -2.00. The number of rotatable bonds is 4. The van der Waals surface area contributed by atoms with Crippen molar-refractivity contribution in [1.29, 1.82) is 0 Å². The predicted molar refractivity (Wildman–Crippen MR) is 70.8 cm³/mol. The third-order valence-electron chi connectivity index (χ3n) is 2.74. The fourth-order valence-corrected chi connectivity index (χ4v) is 1.81.